The summed E-state index contributed by atoms with van der Waals surface area (Å²) in [5.74, 6) is 1.05. The van der Waals surface area contributed by atoms with Crippen molar-refractivity contribution in [3.05, 3.63) is 16.1 Å². The van der Waals surface area contributed by atoms with Gasteiger partial charge in [-0.1, -0.05) is 31.5 Å². The van der Waals surface area contributed by atoms with Gasteiger partial charge in [0, 0.05) is 0 Å². The van der Waals surface area contributed by atoms with Crippen molar-refractivity contribution in [1.29, 1.82) is 0 Å². The topological polar surface area (TPSA) is 29.4 Å². The molecule has 1 atom stereocenters. The smallest absolute Gasteiger partial charge is 0.103 e. The maximum Gasteiger partial charge on any atom is 0.103 e. The molecular weight excluding hydrogens is 150 g/mol. The molecule has 0 aromatic heterocycles. The van der Waals surface area contributed by atoms with Crippen molar-refractivity contribution in [2.45, 2.75) is 34.6 Å². The predicted octanol–water partition coefficient (Wildman–Crippen LogP) is 3.38. The van der Waals surface area contributed by atoms with Gasteiger partial charge >= 0.3 is 0 Å². The first-order valence-electron chi connectivity index (χ1n) is 4.46. The first-order valence-corrected chi connectivity index (χ1v) is 4.46. The molecule has 0 fully saturated rings. The normalized spacial score (nSPS) is 12.8. The summed E-state index contributed by atoms with van der Waals surface area (Å²) in [6, 6.07) is 0. The Balaban J connectivity index is 4.52. The quantitative estimate of drug-likeness (QED) is 0.468. The second-order valence-electron chi connectivity index (χ2n) is 3.85. The summed E-state index contributed by atoms with van der Waals surface area (Å²) in [6.07, 6.45) is 0. The summed E-state index contributed by atoms with van der Waals surface area (Å²) >= 11 is 0. The standard InChI is InChI=1S/C10H19NO/c1-7(2)9(5)10(6-11-12)8(3)4/h7,9H,6H2,1-5H3. The van der Waals surface area contributed by atoms with Crippen molar-refractivity contribution in [2.24, 2.45) is 17.0 Å². The lowest BCUT2D eigenvalue weighted by atomic mass is 9.87. The van der Waals surface area contributed by atoms with Gasteiger partial charge in [0.15, 0.2) is 0 Å². The van der Waals surface area contributed by atoms with Crippen molar-refractivity contribution in [1.82, 2.24) is 0 Å². The lowest BCUT2D eigenvalue weighted by molar-refractivity contribution is 0.471. The van der Waals surface area contributed by atoms with Crippen LogP contribution in [0.4, 0.5) is 0 Å². The summed E-state index contributed by atoms with van der Waals surface area (Å²) in [7, 11) is 0. The Morgan fingerprint density at radius 3 is 2.00 bits per heavy atom. The Kier molecular flexibility index (Phi) is 4.79. The number of rotatable bonds is 4. The molecule has 0 aliphatic carbocycles. The van der Waals surface area contributed by atoms with E-state index in [-0.39, 0.29) is 0 Å². The van der Waals surface area contributed by atoms with Crippen molar-refractivity contribution in [3.63, 3.8) is 0 Å². The average Bonchev–Trinajstić information content (AvgIpc) is 1.98. The largest absolute Gasteiger partial charge is 0.150 e. The fourth-order valence-corrected chi connectivity index (χ4v) is 1.23. The van der Waals surface area contributed by atoms with Crippen LogP contribution in [0.15, 0.2) is 16.3 Å². The number of allylic oxidation sites excluding steroid dienone is 1. The summed E-state index contributed by atoms with van der Waals surface area (Å²) in [5, 5.41) is 2.95. The highest BCUT2D eigenvalue weighted by Gasteiger charge is 2.13. The van der Waals surface area contributed by atoms with Gasteiger partial charge in [0.05, 0.1) is 0 Å². The Morgan fingerprint density at radius 2 is 1.75 bits per heavy atom. The number of nitroso groups, excluding NO2 is 1. The van der Waals surface area contributed by atoms with Gasteiger partial charge in [-0.3, -0.25) is 0 Å². The number of nitrogens with zero attached hydrogens (tertiary/aromatic N) is 1. The fraction of sp³-hybridized carbons (Fsp3) is 0.800. The lowest BCUT2D eigenvalue weighted by Gasteiger charge is -2.19. The average molecular weight is 169 g/mol. The zero-order valence-electron chi connectivity index (χ0n) is 8.72. The summed E-state index contributed by atoms with van der Waals surface area (Å²) in [4.78, 5) is 10.2. The van der Waals surface area contributed by atoms with Crippen LogP contribution in [0.2, 0.25) is 0 Å². The summed E-state index contributed by atoms with van der Waals surface area (Å²) in [6.45, 7) is 10.9. The van der Waals surface area contributed by atoms with Gasteiger partial charge in [-0.15, -0.1) is 0 Å². The van der Waals surface area contributed by atoms with Gasteiger partial charge in [0.25, 0.3) is 0 Å². The van der Waals surface area contributed by atoms with Crippen LogP contribution in [0.1, 0.15) is 34.6 Å². The Labute approximate surface area is 75.0 Å². The van der Waals surface area contributed by atoms with Crippen LogP contribution in [0.25, 0.3) is 0 Å². The van der Waals surface area contributed by atoms with E-state index in [0.29, 0.717) is 18.4 Å². The van der Waals surface area contributed by atoms with E-state index in [2.05, 4.69) is 25.9 Å². The molecule has 12 heavy (non-hydrogen) atoms. The van der Waals surface area contributed by atoms with Crippen molar-refractivity contribution in [2.75, 3.05) is 6.54 Å². The van der Waals surface area contributed by atoms with Crippen molar-refractivity contribution >= 4 is 0 Å². The van der Waals surface area contributed by atoms with Gasteiger partial charge in [0.2, 0.25) is 0 Å². The van der Waals surface area contributed by atoms with Crippen LogP contribution in [0, 0.1) is 16.7 Å². The highest BCUT2D eigenvalue weighted by molar-refractivity contribution is 5.15. The predicted molar refractivity (Wildman–Crippen MR) is 53.0 cm³/mol. The monoisotopic (exact) mass is 169 g/mol. The molecular formula is C10H19NO. The van der Waals surface area contributed by atoms with Gasteiger partial charge < -0.3 is 0 Å². The number of hydrogen-bond acceptors (Lipinski definition) is 2. The molecule has 0 amide bonds. The van der Waals surface area contributed by atoms with E-state index >= 15 is 0 Å². The Bertz CT molecular complexity index is 178. The van der Waals surface area contributed by atoms with Crippen LogP contribution in [0.5, 0.6) is 0 Å². The second kappa shape index (κ2) is 5.07. The maximum absolute atomic E-state index is 10.2. The van der Waals surface area contributed by atoms with Gasteiger partial charge in [-0.25, -0.2) is 0 Å². The third kappa shape index (κ3) is 3.16. The van der Waals surface area contributed by atoms with Crippen molar-refractivity contribution in [3.8, 4) is 0 Å². The molecule has 0 saturated carbocycles. The van der Waals surface area contributed by atoms with E-state index in [0.717, 1.165) is 0 Å². The van der Waals surface area contributed by atoms with Crippen LogP contribution in [-0.2, 0) is 0 Å². The van der Waals surface area contributed by atoms with E-state index in [1.54, 1.807) is 0 Å². The first kappa shape index (κ1) is 11.3. The molecule has 0 aliphatic heterocycles. The highest BCUT2D eigenvalue weighted by Crippen LogP contribution is 2.22. The highest BCUT2D eigenvalue weighted by atomic mass is 16.3. The molecule has 2 heteroatoms. The van der Waals surface area contributed by atoms with Crippen LogP contribution < -0.4 is 0 Å². The van der Waals surface area contributed by atoms with Gasteiger partial charge in [-0.05, 0) is 31.3 Å². The van der Waals surface area contributed by atoms with E-state index < -0.39 is 0 Å². The third-order valence-corrected chi connectivity index (χ3v) is 2.43. The molecule has 0 rings (SSSR count). The molecule has 1 unspecified atom stereocenters. The molecule has 0 spiro atoms. The van der Waals surface area contributed by atoms with Crippen molar-refractivity contribution < 1.29 is 0 Å². The zero-order valence-corrected chi connectivity index (χ0v) is 8.72. The fourth-order valence-electron chi connectivity index (χ4n) is 1.23. The second-order valence-corrected chi connectivity index (χ2v) is 3.85. The molecule has 0 aromatic carbocycles. The molecule has 0 bridgehead atoms. The first-order chi connectivity index (χ1) is 5.50. The van der Waals surface area contributed by atoms with Crippen LogP contribution in [-0.4, -0.2) is 6.54 Å². The Hall–Kier alpha value is -0.660. The molecule has 0 N–H and O–H groups in total. The molecule has 70 valence electrons. The summed E-state index contributed by atoms with van der Waals surface area (Å²) in [5.41, 5.74) is 2.43. The van der Waals surface area contributed by atoms with E-state index in [4.69, 9.17) is 0 Å². The number of hydrogen-bond donors (Lipinski definition) is 0. The minimum Gasteiger partial charge on any atom is -0.150 e. The zero-order chi connectivity index (χ0) is 9.72. The molecule has 0 aliphatic rings. The molecule has 0 saturated heterocycles. The van der Waals surface area contributed by atoms with E-state index in [1.165, 1.54) is 11.1 Å². The summed E-state index contributed by atoms with van der Waals surface area (Å²) < 4.78 is 0. The SMILES string of the molecule is CC(C)=C(CN=O)C(C)C(C)C. The maximum atomic E-state index is 10.2. The molecule has 0 aromatic rings. The van der Waals surface area contributed by atoms with Crippen LogP contribution in [0.3, 0.4) is 0 Å². The minimum absolute atomic E-state index is 0.349. The van der Waals surface area contributed by atoms with Gasteiger partial charge in [-0.2, -0.15) is 4.91 Å². The third-order valence-electron chi connectivity index (χ3n) is 2.43. The Morgan fingerprint density at radius 1 is 1.25 bits per heavy atom. The minimum atomic E-state index is 0.349. The molecule has 2 nitrogen and oxygen atoms in total. The molecule has 0 radical (unpaired) electrons. The van der Waals surface area contributed by atoms with Gasteiger partial charge in [0.1, 0.15) is 6.54 Å². The lowest BCUT2D eigenvalue weighted by Crippen LogP contribution is -2.10. The van der Waals surface area contributed by atoms with Crippen LogP contribution >= 0.6 is 0 Å². The van der Waals surface area contributed by atoms with E-state index in [1.807, 2.05) is 13.8 Å². The molecule has 0 heterocycles. The van der Waals surface area contributed by atoms with E-state index in [9.17, 15) is 4.91 Å².